The van der Waals surface area contributed by atoms with Gasteiger partial charge in [-0.3, -0.25) is 4.90 Å². The average molecular weight is 252 g/mol. The van der Waals surface area contributed by atoms with Crippen LogP contribution in [0, 0.1) is 0 Å². The zero-order chi connectivity index (χ0) is 12.1. The minimum absolute atomic E-state index is 0.597. The van der Waals surface area contributed by atoms with Crippen LogP contribution >= 0.6 is 11.3 Å². The van der Waals surface area contributed by atoms with Gasteiger partial charge >= 0.3 is 0 Å². The van der Waals surface area contributed by atoms with Crippen molar-refractivity contribution in [3.63, 3.8) is 0 Å². The fraction of sp³-hybridized carbons (Fsp3) is 0.714. The van der Waals surface area contributed by atoms with Gasteiger partial charge in [-0.05, 0) is 41.8 Å². The maximum atomic E-state index is 3.59. The number of thiophene rings is 1. The number of hydrogen-bond acceptors (Lipinski definition) is 3. The molecule has 2 nitrogen and oxygen atoms in total. The van der Waals surface area contributed by atoms with Crippen LogP contribution in [0.15, 0.2) is 16.8 Å². The Hall–Kier alpha value is -0.380. The van der Waals surface area contributed by atoms with E-state index in [1.807, 2.05) is 0 Å². The van der Waals surface area contributed by atoms with Crippen molar-refractivity contribution in [1.82, 2.24) is 10.2 Å². The summed E-state index contributed by atoms with van der Waals surface area (Å²) < 4.78 is 0. The van der Waals surface area contributed by atoms with Crippen LogP contribution in [0.4, 0.5) is 0 Å². The van der Waals surface area contributed by atoms with Crippen LogP contribution in [-0.4, -0.2) is 30.1 Å². The molecule has 0 bridgehead atoms. The fourth-order valence-electron chi connectivity index (χ4n) is 2.49. The van der Waals surface area contributed by atoms with Crippen LogP contribution in [0.2, 0.25) is 0 Å². The highest BCUT2D eigenvalue weighted by Gasteiger charge is 2.22. The summed E-state index contributed by atoms with van der Waals surface area (Å²) in [5, 5.41) is 8.05. The fourth-order valence-corrected chi connectivity index (χ4v) is 3.15. The lowest BCUT2D eigenvalue weighted by Crippen LogP contribution is -2.46. The zero-order valence-corrected chi connectivity index (χ0v) is 11.8. The van der Waals surface area contributed by atoms with E-state index in [2.05, 4.69) is 40.9 Å². The summed E-state index contributed by atoms with van der Waals surface area (Å²) in [5.41, 5.74) is 1.48. The Morgan fingerprint density at radius 2 is 2.35 bits per heavy atom. The van der Waals surface area contributed by atoms with Crippen molar-refractivity contribution in [2.24, 2.45) is 0 Å². The second-order valence-corrected chi connectivity index (χ2v) is 6.09. The predicted molar refractivity (Wildman–Crippen MR) is 75.5 cm³/mol. The van der Waals surface area contributed by atoms with Crippen LogP contribution in [0.5, 0.6) is 0 Å². The first-order valence-electron chi connectivity index (χ1n) is 6.74. The normalized spacial score (nSPS) is 22.2. The number of nitrogens with one attached hydrogen (secondary N) is 1. The molecule has 0 aromatic carbocycles. The molecule has 1 aliphatic rings. The maximum Gasteiger partial charge on any atom is 0.0245 e. The number of rotatable bonds is 5. The molecule has 1 atom stereocenters. The summed E-state index contributed by atoms with van der Waals surface area (Å²) in [6, 6.07) is 3.58. The van der Waals surface area contributed by atoms with Crippen molar-refractivity contribution in [2.75, 3.05) is 13.1 Å². The standard InChI is InChI=1S/C14H24N2S/c1-12(2)15-9-14-5-3-4-7-16(14)10-13-6-8-17-11-13/h6,8,11-12,14-15H,3-5,7,9-10H2,1-2H3. The van der Waals surface area contributed by atoms with E-state index in [-0.39, 0.29) is 0 Å². The van der Waals surface area contributed by atoms with Gasteiger partial charge in [0.2, 0.25) is 0 Å². The predicted octanol–water partition coefficient (Wildman–Crippen LogP) is 3.10. The Kier molecular flexibility index (Phi) is 5.01. The molecule has 1 saturated heterocycles. The first-order valence-corrected chi connectivity index (χ1v) is 7.68. The van der Waals surface area contributed by atoms with Gasteiger partial charge in [-0.15, -0.1) is 0 Å². The van der Waals surface area contributed by atoms with Crippen LogP contribution in [0.3, 0.4) is 0 Å². The Bertz CT molecular complexity index is 308. The third-order valence-corrected chi connectivity index (χ3v) is 4.21. The molecule has 2 rings (SSSR count). The van der Waals surface area contributed by atoms with E-state index in [0.717, 1.165) is 19.1 Å². The van der Waals surface area contributed by atoms with Crippen molar-refractivity contribution in [3.8, 4) is 0 Å². The molecule has 0 amide bonds. The molecule has 1 aliphatic heterocycles. The molecule has 17 heavy (non-hydrogen) atoms. The summed E-state index contributed by atoms with van der Waals surface area (Å²) in [6.45, 7) is 7.99. The molecular formula is C14H24N2S. The highest BCUT2D eigenvalue weighted by molar-refractivity contribution is 7.07. The van der Waals surface area contributed by atoms with E-state index in [9.17, 15) is 0 Å². The summed E-state index contributed by atoms with van der Waals surface area (Å²) in [6.07, 6.45) is 4.11. The first-order chi connectivity index (χ1) is 8.25. The number of nitrogens with zero attached hydrogens (tertiary/aromatic N) is 1. The van der Waals surface area contributed by atoms with Crippen LogP contribution in [0.1, 0.15) is 38.7 Å². The first kappa shape index (κ1) is 13.1. The van der Waals surface area contributed by atoms with Crippen molar-refractivity contribution in [1.29, 1.82) is 0 Å². The summed E-state index contributed by atoms with van der Waals surface area (Å²) in [5.74, 6) is 0. The molecule has 0 aliphatic carbocycles. The van der Waals surface area contributed by atoms with E-state index in [1.54, 1.807) is 11.3 Å². The largest absolute Gasteiger partial charge is 0.313 e. The van der Waals surface area contributed by atoms with E-state index in [1.165, 1.54) is 31.4 Å². The third kappa shape index (κ3) is 4.09. The van der Waals surface area contributed by atoms with Gasteiger partial charge in [0.25, 0.3) is 0 Å². The number of likely N-dealkylation sites (tertiary alicyclic amines) is 1. The highest BCUT2D eigenvalue weighted by Crippen LogP contribution is 2.20. The Morgan fingerprint density at radius 1 is 1.47 bits per heavy atom. The molecule has 1 unspecified atom stereocenters. The van der Waals surface area contributed by atoms with Gasteiger partial charge in [0.05, 0.1) is 0 Å². The second-order valence-electron chi connectivity index (χ2n) is 5.31. The van der Waals surface area contributed by atoms with Gasteiger partial charge in [0, 0.05) is 25.2 Å². The number of hydrogen-bond donors (Lipinski definition) is 1. The van der Waals surface area contributed by atoms with Crippen LogP contribution in [0.25, 0.3) is 0 Å². The van der Waals surface area contributed by atoms with Crippen molar-refractivity contribution < 1.29 is 0 Å². The molecule has 0 saturated carbocycles. The lowest BCUT2D eigenvalue weighted by Gasteiger charge is -2.36. The van der Waals surface area contributed by atoms with Crippen molar-refractivity contribution in [3.05, 3.63) is 22.4 Å². The third-order valence-electron chi connectivity index (χ3n) is 3.48. The van der Waals surface area contributed by atoms with Gasteiger partial charge < -0.3 is 5.32 Å². The van der Waals surface area contributed by atoms with Crippen LogP contribution in [-0.2, 0) is 6.54 Å². The summed E-state index contributed by atoms with van der Waals surface area (Å²) >= 11 is 1.81. The van der Waals surface area contributed by atoms with E-state index in [4.69, 9.17) is 0 Å². The second kappa shape index (κ2) is 6.53. The monoisotopic (exact) mass is 252 g/mol. The lowest BCUT2D eigenvalue weighted by atomic mass is 10.0. The SMILES string of the molecule is CC(C)NCC1CCCCN1Cc1ccsc1. The molecular weight excluding hydrogens is 228 g/mol. The smallest absolute Gasteiger partial charge is 0.0245 e. The Morgan fingerprint density at radius 3 is 3.06 bits per heavy atom. The Balaban J connectivity index is 1.87. The summed E-state index contributed by atoms with van der Waals surface area (Å²) in [4.78, 5) is 2.65. The summed E-state index contributed by atoms with van der Waals surface area (Å²) in [7, 11) is 0. The molecule has 3 heteroatoms. The van der Waals surface area contributed by atoms with E-state index < -0.39 is 0 Å². The minimum Gasteiger partial charge on any atom is -0.313 e. The molecule has 2 heterocycles. The molecule has 1 N–H and O–H groups in total. The van der Waals surface area contributed by atoms with E-state index >= 15 is 0 Å². The lowest BCUT2D eigenvalue weighted by molar-refractivity contribution is 0.136. The van der Waals surface area contributed by atoms with E-state index in [0.29, 0.717) is 6.04 Å². The molecule has 1 aromatic rings. The van der Waals surface area contributed by atoms with Gasteiger partial charge in [-0.2, -0.15) is 11.3 Å². The molecule has 1 aromatic heterocycles. The minimum atomic E-state index is 0.597. The Labute approximate surface area is 109 Å². The van der Waals surface area contributed by atoms with Gasteiger partial charge in [0.1, 0.15) is 0 Å². The average Bonchev–Trinajstić information content (AvgIpc) is 2.80. The molecule has 96 valence electrons. The maximum absolute atomic E-state index is 3.59. The van der Waals surface area contributed by atoms with Gasteiger partial charge in [0.15, 0.2) is 0 Å². The molecule has 1 fully saturated rings. The number of piperidine rings is 1. The zero-order valence-electron chi connectivity index (χ0n) is 11.0. The highest BCUT2D eigenvalue weighted by atomic mass is 32.1. The molecule has 0 radical (unpaired) electrons. The van der Waals surface area contributed by atoms with Gasteiger partial charge in [-0.1, -0.05) is 20.3 Å². The quantitative estimate of drug-likeness (QED) is 0.866. The van der Waals surface area contributed by atoms with Crippen molar-refractivity contribution >= 4 is 11.3 Å². The van der Waals surface area contributed by atoms with Gasteiger partial charge in [-0.25, -0.2) is 0 Å². The molecule has 0 spiro atoms. The van der Waals surface area contributed by atoms with Crippen LogP contribution < -0.4 is 5.32 Å². The van der Waals surface area contributed by atoms with Crippen molar-refractivity contribution in [2.45, 2.75) is 51.7 Å². The topological polar surface area (TPSA) is 15.3 Å².